The predicted octanol–water partition coefficient (Wildman–Crippen LogP) is 4.04. The summed E-state index contributed by atoms with van der Waals surface area (Å²) in [4.78, 5) is 6.61. The fourth-order valence-electron chi connectivity index (χ4n) is 3.84. The number of rotatable bonds is 3. The van der Waals surface area contributed by atoms with Gasteiger partial charge in [-0.2, -0.15) is 0 Å². The number of aromatic nitrogens is 1. The molecule has 2 nitrogen and oxygen atoms in total. The highest BCUT2D eigenvalue weighted by atomic mass is 32.1. The number of hydrogen-bond acceptors (Lipinski definition) is 3. The molecule has 2 unspecified atom stereocenters. The van der Waals surface area contributed by atoms with Gasteiger partial charge in [-0.25, -0.2) is 4.98 Å². The molecule has 2 atom stereocenters. The Morgan fingerprint density at radius 1 is 1.26 bits per heavy atom. The van der Waals surface area contributed by atoms with Gasteiger partial charge in [-0.1, -0.05) is 19.8 Å². The molecule has 1 N–H and O–H groups in total. The zero-order valence-corrected chi connectivity index (χ0v) is 13.3. The molecule has 0 aliphatic heterocycles. The van der Waals surface area contributed by atoms with E-state index in [9.17, 15) is 0 Å². The van der Waals surface area contributed by atoms with E-state index in [0.717, 1.165) is 0 Å². The maximum Gasteiger partial charge on any atom is 0.114 e. The van der Waals surface area contributed by atoms with E-state index in [2.05, 4.69) is 26.1 Å². The lowest BCUT2D eigenvalue weighted by Crippen LogP contribution is -2.52. The van der Waals surface area contributed by atoms with Gasteiger partial charge in [-0.3, -0.25) is 0 Å². The third-order valence-electron chi connectivity index (χ3n) is 4.82. The Bertz CT molecular complexity index is 430. The highest BCUT2D eigenvalue weighted by Crippen LogP contribution is 2.45. The minimum atomic E-state index is 0.154. The van der Waals surface area contributed by atoms with Gasteiger partial charge >= 0.3 is 0 Å². The molecule has 0 spiro atoms. The fourth-order valence-corrected chi connectivity index (χ4v) is 5.28. The summed E-state index contributed by atoms with van der Waals surface area (Å²) in [5, 5.41) is 5.29. The molecular formula is C16H26N2S. The third-order valence-corrected chi connectivity index (χ3v) is 6.16. The van der Waals surface area contributed by atoms with E-state index in [1.807, 2.05) is 11.3 Å². The van der Waals surface area contributed by atoms with Gasteiger partial charge in [0.15, 0.2) is 0 Å². The zero-order chi connectivity index (χ0) is 13.5. The Kier molecular flexibility index (Phi) is 3.69. The quantitative estimate of drug-likeness (QED) is 0.902. The lowest BCUT2D eigenvalue weighted by molar-refractivity contribution is 0.141. The van der Waals surface area contributed by atoms with Gasteiger partial charge in [0, 0.05) is 10.9 Å². The zero-order valence-electron chi connectivity index (χ0n) is 12.5. The first kappa shape index (κ1) is 13.6. The van der Waals surface area contributed by atoms with Crippen LogP contribution in [0.4, 0.5) is 0 Å². The van der Waals surface area contributed by atoms with Crippen molar-refractivity contribution in [1.29, 1.82) is 0 Å². The molecule has 0 amide bonds. The highest BCUT2D eigenvalue weighted by Gasteiger charge is 2.43. The van der Waals surface area contributed by atoms with Crippen LogP contribution in [0.3, 0.4) is 0 Å². The van der Waals surface area contributed by atoms with Gasteiger partial charge in [0.2, 0.25) is 0 Å². The Morgan fingerprint density at radius 2 is 2.11 bits per heavy atom. The van der Waals surface area contributed by atoms with Gasteiger partial charge in [0.25, 0.3) is 0 Å². The van der Waals surface area contributed by atoms with E-state index >= 15 is 0 Å². The van der Waals surface area contributed by atoms with Crippen LogP contribution < -0.4 is 5.32 Å². The smallest absolute Gasteiger partial charge is 0.114 e. The molecule has 0 radical (unpaired) electrons. The number of hydrogen-bond donors (Lipinski definition) is 1. The van der Waals surface area contributed by atoms with E-state index in [4.69, 9.17) is 4.98 Å². The van der Waals surface area contributed by atoms with E-state index in [-0.39, 0.29) is 5.54 Å². The lowest BCUT2D eigenvalue weighted by Gasteiger charge is -2.43. The normalized spacial score (nSPS) is 30.8. The average Bonchev–Trinajstić information content (AvgIpc) is 2.92. The molecule has 1 heterocycles. The summed E-state index contributed by atoms with van der Waals surface area (Å²) in [5.74, 6) is 0.704. The molecule has 3 rings (SSSR count). The Labute approximate surface area is 121 Å². The minimum absolute atomic E-state index is 0.154. The molecule has 0 saturated heterocycles. The standard InChI is InChI=1S/C16H26N2S/c1-11(2)18-16(10-5-4-7-12(16)3)15-17-13-8-6-9-14(13)19-15/h11-12,18H,4-10H2,1-3H3. The van der Waals surface area contributed by atoms with Crippen molar-refractivity contribution in [3.05, 3.63) is 15.6 Å². The van der Waals surface area contributed by atoms with Crippen molar-refractivity contribution < 1.29 is 0 Å². The number of aryl methyl sites for hydroxylation is 2. The van der Waals surface area contributed by atoms with Crippen molar-refractivity contribution in [3.8, 4) is 0 Å². The van der Waals surface area contributed by atoms with Gasteiger partial charge in [-0.15, -0.1) is 11.3 Å². The SMILES string of the molecule is CC(C)NC1(c2nc3c(s2)CCC3)CCCCC1C. The van der Waals surface area contributed by atoms with Crippen LogP contribution in [-0.4, -0.2) is 11.0 Å². The number of nitrogens with zero attached hydrogens (tertiary/aromatic N) is 1. The van der Waals surface area contributed by atoms with Crippen molar-refractivity contribution >= 4 is 11.3 Å². The molecule has 1 saturated carbocycles. The van der Waals surface area contributed by atoms with Gasteiger partial charge in [0.05, 0.1) is 11.2 Å². The molecule has 2 aliphatic carbocycles. The minimum Gasteiger partial charge on any atom is -0.303 e. The van der Waals surface area contributed by atoms with E-state index in [1.54, 1.807) is 4.88 Å². The van der Waals surface area contributed by atoms with Gasteiger partial charge in [-0.05, 0) is 51.9 Å². The Balaban J connectivity index is 1.97. The summed E-state index contributed by atoms with van der Waals surface area (Å²) in [7, 11) is 0. The summed E-state index contributed by atoms with van der Waals surface area (Å²) in [6.45, 7) is 6.95. The molecule has 106 valence electrons. The lowest BCUT2D eigenvalue weighted by atomic mass is 9.73. The van der Waals surface area contributed by atoms with Gasteiger partial charge < -0.3 is 5.32 Å². The van der Waals surface area contributed by atoms with Crippen molar-refractivity contribution in [2.45, 2.75) is 77.3 Å². The van der Waals surface area contributed by atoms with Crippen molar-refractivity contribution in [1.82, 2.24) is 10.3 Å². The predicted molar refractivity (Wildman–Crippen MR) is 81.7 cm³/mol. The van der Waals surface area contributed by atoms with E-state index in [1.165, 1.54) is 55.6 Å². The first-order chi connectivity index (χ1) is 9.12. The highest BCUT2D eigenvalue weighted by molar-refractivity contribution is 7.12. The molecule has 0 aromatic carbocycles. The van der Waals surface area contributed by atoms with Crippen LogP contribution in [-0.2, 0) is 18.4 Å². The fraction of sp³-hybridized carbons (Fsp3) is 0.812. The maximum atomic E-state index is 5.05. The molecule has 0 bridgehead atoms. The number of thiazole rings is 1. The maximum absolute atomic E-state index is 5.05. The van der Waals surface area contributed by atoms with Crippen molar-refractivity contribution in [2.24, 2.45) is 5.92 Å². The van der Waals surface area contributed by atoms with Crippen LogP contribution in [0.2, 0.25) is 0 Å². The average molecular weight is 278 g/mol. The molecule has 1 fully saturated rings. The molecule has 2 aliphatic rings. The molecular weight excluding hydrogens is 252 g/mol. The molecule has 1 aromatic rings. The molecule has 3 heteroatoms. The Morgan fingerprint density at radius 3 is 2.79 bits per heavy atom. The topological polar surface area (TPSA) is 24.9 Å². The summed E-state index contributed by atoms with van der Waals surface area (Å²) in [6.07, 6.45) is 9.11. The van der Waals surface area contributed by atoms with Crippen LogP contribution in [0, 0.1) is 5.92 Å². The van der Waals surface area contributed by atoms with Crippen LogP contribution in [0.1, 0.15) is 68.5 Å². The third kappa shape index (κ3) is 2.36. The largest absolute Gasteiger partial charge is 0.303 e. The molecule has 19 heavy (non-hydrogen) atoms. The second-order valence-electron chi connectivity index (χ2n) is 6.66. The second kappa shape index (κ2) is 5.17. The van der Waals surface area contributed by atoms with Gasteiger partial charge in [0.1, 0.15) is 5.01 Å². The van der Waals surface area contributed by atoms with Crippen LogP contribution in [0.25, 0.3) is 0 Å². The summed E-state index contributed by atoms with van der Waals surface area (Å²) in [6, 6.07) is 0.527. The number of fused-ring (bicyclic) bond motifs is 1. The van der Waals surface area contributed by atoms with E-state index < -0.39 is 0 Å². The molecule has 1 aromatic heterocycles. The van der Waals surface area contributed by atoms with E-state index in [0.29, 0.717) is 12.0 Å². The first-order valence-electron chi connectivity index (χ1n) is 7.88. The second-order valence-corrected chi connectivity index (χ2v) is 7.74. The van der Waals surface area contributed by atoms with Crippen molar-refractivity contribution in [3.63, 3.8) is 0 Å². The summed E-state index contributed by atoms with van der Waals surface area (Å²) >= 11 is 2.00. The Hall–Kier alpha value is -0.410. The number of nitrogens with one attached hydrogen (secondary N) is 1. The van der Waals surface area contributed by atoms with Crippen LogP contribution in [0.15, 0.2) is 0 Å². The van der Waals surface area contributed by atoms with Crippen LogP contribution in [0.5, 0.6) is 0 Å². The van der Waals surface area contributed by atoms with Crippen LogP contribution >= 0.6 is 11.3 Å². The van der Waals surface area contributed by atoms with Crippen molar-refractivity contribution in [2.75, 3.05) is 0 Å². The summed E-state index contributed by atoms with van der Waals surface area (Å²) in [5.41, 5.74) is 1.56. The monoisotopic (exact) mass is 278 g/mol. The first-order valence-corrected chi connectivity index (χ1v) is 8.70. The summed E-state index contributed by atoms with van der Waals surface area (Å²) < 4.78 is 0.